The standard InChI is InChI=1S/C26H50O5/c1-5-7-9-11-13-15-17-19-25(27)30-23(3)21-29-22-24(4)31-26(28)20-18-16-14-12-10-8-6-2/h23-24H,5-22H2,1-4H3. The molecule has 0 saturated carbocycles. The maximum absolute atomic E-state index is 11.9. The topological polar surface area (TPSA) is 61.8 Å². The summed E-state index contributed by atoms with van der Waals surface area (Å²) in [4.78, 5) is 23.8. The van der Waals surface area contributed by atoms with E-state index in [1.54, 1.807) is 0 Å². The molecule has 0 spiro atoms. The van der Waals surface area contributed by atoms with Crippen LogP contribution in [-0.4, -0.2) is 37.4 Å². The van der Waals surface area contributed by atoms with E-state index < -0.39 is 0 Å². The average molecular weight is 443 g/mol. The van der Waals surface area contributed by atoms with Crippen molar-refractivity contribution < 1.29 is 23.8 Å². The van der Waals surface area contributed by atoms with Gasteiger partial charge in [-0.25, -0.2) is 0 Å². The lowest BCUT2D eigenvalue weighted by Crippen LogP contribution is -2.25. The van der Waals surface area contributed by atoms with E-state index in [1.165, 1.54) is 64.2 Å². The summed E-state index contributed by atoms with van der Waals surface area (Å²) >= 11 is 0. The smallest absolute Gasteiger partial charge is 0.306 e. The third-order valence-electron chi connectivity index (χ3n) is 5.34. The molecule has 5 nitrogen and oxygen atoms in total. The van der Waals surface area contributed by atoms with Gasteiger partial charge < -0.3 is 14.2 Å². The van der Waals surface area contributed by atoms with E-state index in [2.05, 4.69) is 13.8 Å². The van der Waals surface area contributed by atoms with Crippen LogP contribution in [0, 0.1) is 0 Å². The van der Waals surface area contributed by atoms with E-state index in [4.69, 9.17) is 14.2 Å². The van der Waals surface area contributed by atoms with Gasteiger partial charge in [0.15, 0.2) is 0 Å². The summed E-state index contributed by atoms with van der Waals surface area (Å²) in [5, 5.41) is 0. The van der Waals surface area contributed by atoms with E-state index in [-0.39, 0.29) is 24.1 Å². The minimum atomic E-state index is -0.285. The van der Waals surface area contributed by atoms with E-state index >= 15 is 0 Å². The van der Waals surface area contributed by atoms with Gasteiger partial charge in [-0.1, -0.05) is 90.9 Å². The van der Waals surface area contributed by atoms with Gasteiger partial charge in [0.1, 0.15) is 12.2 Å². The van der Waals surface area contributed by atoms with Crippen LogP contribution >= 0.6 is 0 Å². The van der Waals surface area contributed by atoms with Gasteiger partial charge in [0.25, 0.3) is 0 Å². The van der Waals surface area contributed by atoms with E-state index in [0.29, 0.717) is 26.1 Å². The van der Waals surface area contributed by atoms with Gasteiger partial charge in [0.05, 0.1) is 13.2 Å². The molecule has 0 rings (SSSR count). The summed E-state index contributed by atoms with van der Waals surface area (Å²) in [5.41, 5.74) is 0. The number of unbranched alkanes of at least 4 members (excludes halogenated alkanes) is 12. The van der Waals surface area contributed by atoms with Gasteiger partial charge in [-0.3, -0.25) is 9.59 Å². The lowest BCUT2D eigenvalue weighted by molar-refractivity contribution is -0.154. The van der Waals surface area contributed by atoms with Crippen LogP contribution in [0.5, 0.6) is 0 Å². The zero-order chi connectivity index (χ0) is 23.2. The molecule has 0 fully saturated rings. The summed E-state index contributed by atoms with van der Waals surface area (Å²) in [6.45, 7) is 8.74. The number of ether oxygens (including phenoxy) is 3. The fraction of sp³-hybridized carbons (Fsp3) is 0.923. The molecule has 0 aliphatic rings. The highest BCUT2D eigenvalue weighted by Crippen LogP contribution is 2.11. The van der Waals surface area contributed by atoms with Crippen LogP contribution in [0.2, 0.25) is 0 Å². The van der Waals surface area contributed by atoms with Gasteiger partial charge in [-0.15, -0.1) is 0 Å². The molecule has 0 amide bonds. The molecule has 0 aromatic heterocycles. The quantitative estimate of drug-likeness (QED) is 0.132. The normalized spacial score (nSPS) is 13.0. The molecule has 184 valence electrons. The summed E-state index contributed by atoms with van der Waals surface area (Å²) in [6, 6.07) is 0. The first-order chi connectivity index (χ1) is 15.0. The van der Waals surface area contributed by atoms with Crippen LogP contribution in [0.25, 0.3) is 0 Å². The predicted molar refractivity (Wildman–Crippen MR) is 127 cm³/mol. The summed E-state index contributed by atoms with van der Waals surface area (Å²) in [6.07, 6.45) is 17.0. The monoisotopic (exact) mass is 442 g/mol. The Balaban J connectivity index is 3.60. The molecule has 5 heteroatoms. The summed E-state index contributed by atoms with van der Waals surface area (Å²) in [7, 11) is 0. The van der Waals surface area contributed by atoms with Crippen LogP contribution in [-0.2, 0) is 23.8 Å². The molecule has 0 aromatic carbocycles. The van der Waals surface area contributed by atoms with Crippen LogP contribution in [0.3, 0.4) is 0 Å². The van der Waals surface area contributed by atoms with Crippen LogP contribution in [0.1, 0.15) is 130 Å². The number of esters is 2. The van der Waals surface area contributed by atoms with E-state index in [0.717, 1.165) is 25.7 Å². The van der Waals surface area contributed by atoms with E-state index in [1.807, 2.05) is 13.8 Å². The molecule has 0 radical (unpaired) electrons. The largest absolute Gasteiger partial charge is 0.460 e. The molecule has 0 bridgehead atoms. The molecule has 2 atom stereocenters. The second-order valence-corrected chi connectivity index (χ2v) is 8.88. The molecule has 31 heavy (non-hydrogen) atoms. The highest BCUT2D eigenvalue weighted by molar-refractivity contribution is 5.69. The first-order valence-corrected chi connectivity index (χ1v) is 13.0. The minimum Gasteiger partial charge on any atom is -0.460 e. The van der Waals surface area contributed by atoms with E-state index in [9.17, 15) is 9.59 Å². The number of hydrogen-bond donors (Lipinski definition) is 0. The fourth-order valence-electron chi connectivity index (χ4n) is 3.49. The third kappa shape index (κ3) is 21.9. The SMILES string of the molecule is CCCCCCCCCC(=O)OC(C)COCC(C)OC(=O)CCCCCCCCC. The Morgan fingerprint density at radius 3 is 1.23 bits per heavy atom. The first-order valence-electron chi connectivity index (χ1n) is 13.0. The third-order valence-corrected chi connectivity index (χ3v) is 5.34. The van der Waals surface area contributed by atoms with Crippen molar-refractivity contribution in [3.8, 4) is 0 Å². The van der Waals surface area contributed by atoms with Gasteiger partial charge in [0.2, 0.25) is 0 Å². The van der Waals surface area contributed by atoms with Gasteiger partial charge in [0, 0.05) is 12.8 Å². The van der Waals surface area contributed by atoms with Crippen LogP contribution in [0.15, 0.2) is 0 Å². The lowest BCUT2D eigenvalue weighted by atomic mass is 10.1. The first kappa shape index (κ1) is 29.9. The minimum absolute atomic E-state index is 0.154. The zero-order valence-corrected chi connectivity index (χ0v) is 20.9. The lowest BCUT2D eigenvalue weighted by Gasteiger charge is -2.17. The Bertz CT molecular complexity index is 386. The van der Waals surface area contributed by atoms with Crippen molar-refractivity contribution >= 4 is 11.9 Å². The maximum Gasteiger partial charge on any atom is 0.306 e. The Labute approximate surface area is 192 Å². The van der Waals surface area contributed by atoms with Crippen LogP contribution < -0.4 is 0 Å². The molecule has 0 aliphatic carbocycles. The average Bonchev–Trinajstić information content (AvgIpc) is 2.72. The van der Waals surface area contributed by atoms with Crippen molar-refractivity contribution in [2.45, 2.75) is 143 Å². The van der Waals surface area contributed by atoms with Gasteiger partial charge in [-0.05, 0) is 26.7 Å². The molecule has 2 unspecified atom stereocenters. The summed E-state index contributed by atoms with van der Waals surface area (Å²) in [5.74, 6) is -0.308. The van der Waals surface area contributed by atoms with Crippen molar-refractivity contribution in [2.24, 2.45) is 0 Å². The Hall–Kier alpha value is -1.10. The number of rotatable bonds is 22. The molecule has 0 saturated heterocycles. The maximum atomic E-state index is 11.9. The molecular formula is C26H50O5. The highest BCUT2D eigenvalue weighted by atomic mass is 16.6. The molecule has 0 N–H and O–H groups in total. The van der Waals surface area contributed by atoms with Gasteiger partial charge >= 0.3 is 11.9 Å². The van der Waals surface area contributed by atoms with Crippen molar-refractivity contribution in [2.75, 3.05) is 13.2 Å². The summed E-state index contributed by atoms with van der Waals surface area (Å²) < 4.78 is 16.3. The number of carbonyl (C=O) groups is 2. The Morgan fingerprint density at radius 2 is 0.871 bits per heavy atom. The molecule has 0 heterocycles. The zero-order valence-electron chi connectivity index (χ0n) is 20.9. The second-order valence-electron chi connectivity index (χ2n) is 8.88. The second kappa shape index (κ2) is 22.1. The highest BCUT2D eigenvalue weighted by Gasteiger charge is 2.13. The Morgan fingerprint density at radius 1 is 0.548 bits per heavy atom. The number of carbonyl (C=O) groups excluding carboxylic acids is 2. The molecular weight excluding hydrogens is 392 g/mol. The fourth-order valence-corrected chi connectivity index (χ4v) is 3.49. The van der Waals surface area contributed by atoms with Crippen molar-refractivity contribution in [3.63, 3.8) is 0 Å². The Kier molecular flexibility index (Phi) is 21.3. The predicted octanol–water partition coefficient (Wildman–Crippen LogP) is 7.15. The van der Waals surface area contributed by atoms with Crippen molar-refractivity contribution in [3.05, 3.63) is 0 Å². The number of hydrogen-bond acceptors (Lipinski definition) is 5. The van der Waals surface area contributed by atoms with Crippen molar-refractivity contribution in [1.82, 2.24) is 0 Å². The molecule has 0 aromatic rings. The van der Waals surface area contributed by atoms with Crippen molar-refractivity contribution in [1.29, 1.82) is 0 Å². The molecule has 0 aliphatic heterocycles. The van der Waals surface area contributed by atoms with Gasteiger partial charge in [-0.2, -0.15) is 0 Å². The van der Waals surface area contributed by atoms with Crippen LogP contribution in [0.4, 0.5) is 0 Å².